The molecule has 0 spiro atoms. The van der Waals surface area contributed by atoms with Crippen LogP contribution >= 0.6 is 0 Å². The number of aromatic nitrogens is 3. The molecule has 1 aliphatic heterocycles. The second-order valence-electron chi connectivity index (χ2n) is 4.55. The van der Waals surface area contributed by atoms with Gasteiger partial charge in [-0.3, -0.25) is 0 Å². The van der Waals surface area contributed by atoms with Crippen LogP contribution in [0, 0.1) is 0 Å². The highest BCUT2D eigenvalue weighted by atomic mass is 16.5. The zero-order valence-electron chi connectivity index (χ0n) is 10.2. The summed E-state index contributed by atoms with van der Waals surface area (Å²) in [5.41, 5.74) is 1.20. The van der Waals surface area contributed by atoms with Gasteiger partial charge in [-0.2, -0.15) is 0 Å². The molecular formula is C12H15N3O4. The predicted molar refractivity (Wildman–Crippen MR) is 65.1 cm³/mol. The SMILES string of the molecule is OCc1ncnc2c1ccn2[C@H]1C[C@H](O)[C@@H](CO)O1. The molecule has 3 heterocycles. The summed E-state index contributed by atoms with van der Waals surface area (Å²) >= 11 is 0. The first-order valence-corrected chi connectivity index (χ1v) is 6.10. The van der Waals surface area contributed by atoms with Gasteiger partial charge in [0.15, 0.2) is 0 Å². The van der Waals surface area contributed by atoms with Crippen LogP contribution in [0.1, 0.15) is 18.3 Å². The Bertz CT molecular complexity index is 585. The summed E-state index contributed by atoms with van der Waals surface area (Å²) in [4.78, 5) is 8.19. The van der Waals surface area contributed by atoms with Crippen LogP contribution in [-0.4, -0.2) is 48.7 Å². The first-order valence-electron chi connectivity index (χ1n) is 6.10. The summed E-state index contributed by atoms with van der Waals surface area (Å²) in [6.07, 6.45) is 1.95. The van der Waals surface area contributed by atoms with E-state index in [1.165, 1.54) is 6.33 Å². The fourth-order valence-electron chi connectivity index (χ4n) is 2.43. The Morgan fingerprint density at radius 1 is 1.37 bits per heavy atom. The van der Waals surface area contributed by atoms with Crippen LogP contribution in [0.5, 0.6) is 0 Å². The first-order chi connectivity index (χ1) is 9.24. The normalized spacial score (nSPS) is 27.2. The van der Waals surface area contributed by atoms with Crippen molar-refractivity contribution < 1.29 is 20.1 Å². The molecule has 3 rings (SSSR count). The highest BCUT2D eigenvalue weighted by Gasteiger charge is 2.35. The molecule has 0 saturated carbocycles. The van der Waals surface area contributed by atoms with E-state index in [9.17, 15) is 10.2 Å². The average Bonchev–Trinajstić information content (AvgIpc) is 3.01. The number of rotatable bonds is 3. The lowest BCUT2D eigenvalue weighted by Crippen LogP contribution is -2.24. The molecule has 0 aliphatic carbocycles. The number of nitrogens with zero attached hydrogens (tertiary/aromatic N) is 3. The minimum Gasteiger partial charge on any atom is -0.394 e. The Kier molecular flexibility index (Phi) is 3.19. The topological polar surface area (TPSA) is 101 Å². The molecule has 3 atom stereocenters. The Labute approximate surface area is 109 Å². The average molecular weight is 265 g/mol. The van der Waals surface area contributed by atoms with Crippen LogP contribution in [0.2, 0.25) is 0 Å². The van der Waals surface area contributed by atoms with Gasteiger partial charge in [0.05, 0.1) is 25.0 Å². The number of ether oxygens (including phenoxy) is 1. The third-order valence-electron chi connectivity index (χ3n) is 3.44. The second kappa shape index (κ2) is 4.86. The fraction of sp³-hybridized carbons (Fsp3) is 0.500. The maximum Gasteiger partial charge on any atom is 0.145 e. The lowest BCUT2D eigenvalue weighted by molar-refractivity contribution is -0.0430. The second-order valence-corrected chi connectivity index (χ2v) is 4.55. The molecule has 2 aromatic rings. The summed E-state index contributed by atoms with van der Waals surface area (Å²) in [6, 6.07) is 1.81. The molecular weight excluding hydrogens is 250 g/mol. The van der Waals surface area contributed by atoms with E-state index in [1.54, 1.807) is 10.8 Å². The first kappa shape index (κ1) is 12.5. The molecule has 1 aliphatic rings. The highest BCUT2D eigenvalue weighted by Crippen LogP contribution is 2.31. The van der Waals surface area contributed by atoms with Crippen molar-refractivity contribution in [2.45, 2.75) is 31.5 Å². The van der Waals surface area contributed by atoms with E-state index >= 15 is 0 Å². The van der Waals surface area contributed by atoms with E-state index in [4.69, 9.17) is 9.84 Å². The van der Waals surface area contributed by atoms with Gasteiger partial charge in [0.2, 0.25) is 0 Å². The summed E-state index contributed by atoms with van der Waals surface area (Å²) in [5, 5.41) is 28.8. The minimum absolute atomic E-state index is 0.156. The van der Waals surface area contributed by atoms with Crippen molar-refractivity contribution in [2.75, 3.05) is 6.61 Å². The fourth-order valence-corrected chi connectivity index (χ4v) is 2.43. The predicted octanol–water partition coefficient (Wildman–Crippen LogP) is -0.436. The number of hydrogen-bond donors (Lipinski definition) is 3. The van der Waals surface area contributed by atoms with E-state index in [2.05, 4.69) is 9.97 Å². The maximum atomic E-state index is 9.76. The molecule has 1 fully saturated rings. The third kappa shape index (κ3) is 2.00. The zero-order chi connectivity index (χ0) is 13.4. The number of aliphatic hydroxyl groups is 3. The van der Waals surface area contributed by atoms with E-state index in [1.807, 2.05) is 6.07 Å². The standard InChI is InChI=1S/C12H15N3O4/c16-4-8-7-1-2-15(12(7)14-6-13-8)11-3-9(18)10(5-17)19-11/h1-2,6,9-11,16-18H,3-5H2/t9-,10+,11+/m0/s1. The van der Waals surface area contributed by atoms with Crippen molar-refractivity contribution in [1.82, 2.24) is 14.5 Å². The van der Waals surface area contributed by atoms with Gasteiger partial charge in [-0.25, -0.2) is 9.97 Å². The molecule has 2 aromatic heterocycles. The van der Waals surface area contributed by atoms with Crippen molar-refractivity contribution in [3.63, 3.8) is 0 Å². The van der Waals surface area contributed by atoms with Gasteiger partial charge in [-0.05, 0) is 6.07 Å². The van der Waals surface area contributed by atoms with Crippen molar-refractivity contribution in [2.24, 2.45) is 0 Å². The van der Waals surface area contributed by atoms with Crippen LogP contribution in [0.3, 0.4) is 0 Å². The lowest BCUT2D eigenvalue weighted by atomic mass is 10.2. The molecule has 19 heavy (non-hydrogen) atoms. The van der Waals surface area contributed by atoms with Crippen molar-refractivity contribution in [3.8, 4) is 0 Å². The molecule has 0 aromatic carbocycles. The Hall–Kier alpha value is -1.54. The molecule has 0 amide bonds. The van der Waals surface area contributed by atoms with Crippen molar-refractivity contribution >= 4 is 11.0 Å². The van der Waals surface area contributed by atoms with Gasteiger partial charge in [0, 0.05) is 18.0 Å². The molecule has 0 radical (unpaired) electrons. The molecule has 0 unspecified atom stereocenters. The summed E-state index contributed by atoms with van der Waals surface area (Å²) in [7, 11) is 0. The minimum atomic E-state index is -0.688. The van der Waals surface area contributed by atoms with Gasteiger partial charge in [0.25, 0.3) is 0 Å². The van der Waals surface area contributed by atoms with Crippen molar-refractivity contribution in [1.29, 1.82) is 0 Å². The van der Waals surface area contributed by atoms with Crippen LogP contribution in [0.4, 0.5) is 0 Å². The lowest BCUT2D eigenvalue weighted by Gasteiger charge is -2.14. The third-order valence-corrected chi connectivity index (χ3v) is 3.44. The monoisotopic (exact) mass is 265 g/mol. The highest BCUT2D eigenvalue weighted by molar-refractivity contribution is 5.78. The molecule has 7 nitrogen and oxygen atoms in total. The maximum absolute atomic E-state index is 9.76. The van der Waals surface area contributed by atoms with Gasteiger partial charge >= 0.3 is 0 Å². The molecule has 0 bridgehead atoms. The molecule has 1 saturated heterocycles. The van der Waals surface area contributed by atoms with Gasteiger partial charge in [-0.15, -0.1) is 0 Å². The van der Waals surface area contributed by atoms with E-state index < -0.39 is 12.2 Å². The van der Waals surface area contributed by atoms with E-state index in [0.717, 1.165) is 5.39 Å². The summed E-state index contributed by atoms with van der Waals surface area (Å²) < 4.78 is 7.38. The summed E-state index contributed by atoms with van der Waals surface area (Å²) in [5.74, 6) is 0. The summed E-state index contributed by atoms with van der Waals surface area (Å²) in [6.45, 7) is -0.371. The number of fused-ring (bicyclic) bond motifs is 1. The molecule has 7 heteroatoms. The van der Waals surface area contributed by atoms with E-state index in [0.29, 0.717) is 17.8 Å². The van der Waals surface area contributed by atoms with Gasteiger partial charge < -0.3 is 24.6 Å². The van der Waals surface area contributed by atoms with Crippen molar-refractivity contribution in [3.05, 3.63) is 24.3 Å². The van der Waals surface area contributed by atoms with Crippen LogP contribution in [-0.2, 0) is 11.3 Å². The Morgan fingerprint density at radius 3 is 2.89 bits per heavy atom. The van der Waals surface area contributed by atoms with Crippen LogP contribution in [0.25, 0.3) is 11.0 Å². The van der Waals surface area contributed by atoms with Gasteiger partial charge in [0.1, 0.15) is 24.3 Å². The molecule has 3 N–H and O–H groups in total. The molecule has 102 valence electrons. The Morgan fingerprint density at radius 2 is 2.21 bits per heavy atom. The van der Waals surface area contributed by atoms with E-state index in [-0.39, 0.29) is 19.4 Å². The van der Waals surface area contributed by atoms with Crippen LogP contribution < -0.4 is 0 Å². The Balaban J connectivity index is 1.98. The van der Waals surface area contributed by atoms with Gasteiger partial charge in [-0.1, -0.05) is 0 Å². The number of hydrogen-bond acceptors (Lipinski definition) is 6. The smallest absolute Gasteiger partial charge is 0.145 e. The quantitative estimate of drug-likeness (QED) is 0.696. The largest absolute Gasteiger partial charge is 0.394 e. The van der Waals surface area contributed by atoms with Crippen LogP contribution in [0.15, 0.2) is 18.6 Å². The zero-order valence-corrected chi connectivity index (χ0v) is 10.2. The number of aliphatic hydroxyl groups excluding tert-OH is 3.